The van der Waals surface area contributed by atoms with Crippen molar-refractivity contribution in [3.05, 3.63) is 29.3 Å². The zero-order valence-electron chi connectivity index (χ0n) is 15.5. The number of nitrogens with zero attached hydrogens (tertiary/aromatic N) is 3. The lowest BCUT2D eigenvalue weighted by Crippen LogP contribution is -2.46. The summed E-state index contributed by atoms with van der Waals surface area (Å²) in [5, 5.41) is 8.81. The molecule has 0 aromatic heterocycles. The Morgan fingerprint density at radius 1 is 1.12 bits per heavy atom. The highest BCUT2D eigenvalue weighted by atomic mass is 19.1. The third-order valence-corrected chi connectivity index (χ3v) is 5.43. The zero-order valence-corrected chi connectivity index (χ0v) is 15.5. The van der Waals surface area contributed by atoms with E-state index in [-0.39, 0.29) is 23.5 Å². The van der Waals surface area contributed by atoms with E-state index >= 15 is 0 Å². The van der Waals surface area contributed by atoms with Crippen LogP contribution in [-0.2, 0) is 4.74 Å². The standard InChI is InChI=1S/C20H27F2N3O/c1-14-12-24(13-15(2)26-14)6-3-16-4-7-25(8-5-16)20-18(21)9-17(11-23)10-19(20)22/h9-10,14-16H,3-8,12-13H2,1-2H3. The molecule has 2 unspecified atom stereocenters. The van der Waals surface area contributed by atoms with Crippen LogP contribution in [0.25, 0.3) is 0 Å². The summed E-state index contributed by atoms with van der Waals surface area (Å²) in [5.74, 6) is -0.697. The maximum absolute atomic E-state index is 14.2. The number of ether oxygens (including phenoxy) is 1. The summed E-state index contributed by atoms with van der Waals surface area (Å²) >= 11 is 0. The van der Waals surface area contributed by atoms with Crippen LogP contribution < -0.4 is 4.90 Å². The van der Waals surface area contributed by atoms with Gasteiger partial charge in [0.1, 0.15) is 5.69 Å². The minimum atomic E-state index is -0.642. The number of nitriles is 1. The van der Waals surface area contributed by atoms with Gasteiger partial charge in [-0.1, -0.05) is 0 Å². The van der Waals surface area contributed by atoms with E-state index in [0.717, 1.165) is 51.0 Å². The summed E-state index contributed by atoms with van der Waals surface area (Å²) in [4.78, 5) is 4.24. The van der Waals surface area contributed by atoms with E-state index in [1.54, 1.807) is 11.0 Å². The molecular formula is C20H27F2N3O. The Labute approximate surface area is 154 Å². The van der Waals surface area contributed by atoms with E-state index in [9.17, 15) is 8.78 Å². The second kappa shape index (κ2) is 8.32. The molecule has 2 atom stereocenters. The van der Waals surface area contributed by atoms with Gasteiger partial charge in [0, 0.05) is 26.2 Å². The minimum Gasteiger partial charge on any atom is -0.373 e. The molecule has 0 N–H and O–H groups in total. The summed E-state index contributed by atoms with van der Waals surface area (Å²) in [6.45, 7) is 8.54. The first-order chi connectivity index (χ1) is 12.5. The molecule has 4 nitrogen and oxygen atoms in total. The largest absolute Gasteiger partial charge is 0.373 e. The number of hydrogen-bond acceptors (Lipinski definition) is 4. The van der Waals surface area contributed by atoms with Gasteiger partial charge in [0.2, 0.25) is 0 Å². The second-order valence-corrected chi connectivity index (χ2v) is 7.64. The van der Waals surface area contributed by atoms with Gasteiger partial charge in [-0.15, -0.1) is 0 Å². The Balaban J connectivity index is 1.51. The van der Waals surface area contributed by atoms with Gasteiger partial charge < -0.3 is 9.64 Å². The molecule has 0 saturated carbocycles. The number of halogens is 2. The smallest absolute Gasteiger partial charge is 0.150 e. The van der Waals surface area contributed by atoms with Crippen molar-refractivity contribution in [2.24, 2.45) is 5.92 Å². The van der Waals surface area contributed by atoms with Crippen molar-refractivity contribution < 1.29 is 13.5 Å². The highest BCUT2D eigenvalue weighted by molar-refractivity contribution is 5.52. The molecule has 6 heteroatoms. The molecule has 0 amide bonds. The third-order valence-electron chi connectivity index (χ3n) is 5.43. The lowest BCUT2D eigenvalue weighted by Gasteiger charge is -2.37. The average Bonchev–Trinajstić information content (AvgIpc) is 2.59. The fourth-order valence-electron chi connectivity index (χ4n) is 4.21. The molecule has 1 aromatic rings. The molecule has 2 saturated heterocycles. The van der Waals surface area contributed by atoms with Crippen molar-refractivity contribution in [2.75, 3.05) is 37.6 Å². The number of rotatable bonds is 4. The topological polar surface area (TPSA) is 39.5 Å². The van der Waals surface area contributed by atoms with Crippen LogP contribution in [0.1, 0.15) is 38.7 Å². The van der Waals surface area contributed by atoms with Gasteiger partial charge in [0.15, 0.2) is 11.6 Å². The predicted molar refractivity (Wildman–Crippen MR) is 97.1 cm³/mol. The molecular weight excluding hydrogens is 336 g/mol. The lowest BCUT2D eigenvalue weighted by atomic mass is 9.92. The molecule has 0 aliphatic carbocycles. The first-order valence-corrected chi connectivity index (χ1v) is 9.48. The van der Waals surface area contributed by atoms with Gasteiger partial charge in [-0.05, 0) is 57.7 Å². The van der Waals surface area contributed by atoms with Gasteiger partial charge in [0.25, 0.3) is 0 Å². The van der Waals surface area contributed by atoms with E-state index in [1.165, 1.54) is 0 Å². The average molecular weight is 363 g/mol. The summed E-state index contributed by atoms with van der Waals surface area (Å²) in [6.07, 6.45) is 3.56. The Morgan fingerprint density at radius 3 is 2.23 bits per heavy atom. The molecule has 0 spiro atoms. The van der Waals surface area contributed by atoms with Gasteiger partial charge >= 0.3 is 0 Å². The highest BCUT2D eigenvalue weighted by Gasteiger charge is 2.26. The van der Waals surface area contributed by atoms with Crippen molar-refractivity contribution in [1.82, 2.24) is 4.90 Å². The van der Waals surface area contributed by atoms with E-state index in [2.05, 4.69) is 18.7 Å². The van der Waals surface area contributed by atoms with Crippen LogP contribution in [-0.4, -0.2) is 49.8 Å². The van der Waals surface area contributed by atoms with Crippen molar-refractivity contribution in [1.29, 1.82) is 5.26 Å². The maximum atomic E-state index is 14.2. The van der Waals surface area contributed by atoms with Gasteiger partial charge in [-0.2, -0.15) is 5.26 Å². The molecule has 2 fully saturated rings. The zero-order chi connectivity index (χ0) is 18.7. The predicted octanol–water partition coefficient (Wildman–Crippen LogP) is 3.55. The van der Waals surface area contributed by atoms with Crippen LogP contribution in [0.4, 0.5) is 14.5 Å². The molecule has 26 heavy (non-hydrogen) atoms. The van der Waals surface area contributed by atoms with Crippen LogP contribution in [0.3, 0.4) is 0 Å². The van der Waals surface area contributed by atoms with E-state index in [1.807, 2.05) is 0 Å². The van der Waals surface area contributed by atoms with Crippen molar-refractivity contribution >= 4 is 5.69 Å². The number of piperidine rings is 1. The van der Waals surface area contributed by atoms with E-state index in [4.69, 9.17) is 10.00 Å². The number of benzene rings is 1. The molecule has 2 aliphatic heterocycles. The minimum absolute atomic E-state index is 0.0123. The first-order valence-electron chi connectivity index (χ1n) is 9.48. The van der Waals surface area contributed by atoms with Crippen LogP contribution in [0, 0.1) is 28.9 Å². The Kier molecular flexibility index (Phi) is 6.10. The summed E-state index contributed by atoms with van der Waals surface area (Å²) in [6, 6.07) is 4.02. The van der Waals surface area contributed by atoms with Crippen molar-refractivity contribution in [2.45, 2.75) is 45.3 Å². The summed E-state index contributed by atoms with van der Waals surface area (Å²) in [7, 11) is 0. The van der Waals surface area contributed by atoms with E-state index < -0.39 is 11.6 Å². The Bertz CT molecular complexity index is 635. The number of hydrogen-bond donors (Lipinski definition) is 0. The second-order valence-electron chi connectivity index (χ2n) is 7.64. The Hall–Kier alpha value is -1.71. The summed E-state index contributed by atoms with van der Waals surface area (Å²) in [5.41, 5.74) is 0.0332. The van der Waals surface area contributed by atoms with E-state index in [0.29, 0.717) is 19.0 Å². The van der Waals surface area contributed by atoms with Crippen LogP contribution >= 0.6 is 0 Å². The normalized spacial score (nSPS) is 25.3. The third kappa shape index (κ3) is 4.52. The van der Waals surface area contributed by atoms with Gasteiger partial charge in [0.05, 0.1) is 23.8 Å². The quantitative estimate of drug-likeness (QED) is 0.820. The van der Waals surface area contributed by atoms with Crippen LogP contribution in [0.15, 0.2) is 12.1 Å². The molecule has 2 heterocycles. The summed E-state index contributed by atoms with van der Waals surface area (Å²) < 4.78 is 34.2. The van der Waals surface area contributed by atoms with Crippen molar-refractivity contribution in [3.63, 3.8) is 0 Å². The highest BCUT2D eigenvalue weighted by Crippen LogP contribution is 2.30. The molecule has 2 aliphatic rings. The van der Waals surface area contributed by atoms with Crippen LogP contribution in [0.5, 0.6) is 0 Å². The number of morpholine rings is 1. The fraction of sp³-hybridized carbons (Fsp3) is 0.650. The fourth-order valence-corrected chi connectivity index (χ4v) is 4.21. The SMILES string of the molecule is CC1CN(CCC2CCN(c3c(F)cc(C#N)cc3F)CC2)CC(C)O1. The van der Waals surface area contributed by atoms with Gasteiger partial charge in [-0.3, -0.25) is 4.90 Å². The molecule has 3 rings (SSSR count). The van der Waals surface area contributed by atoms with Crippen molar-refractivity contribution in [3.8, 4) is 6.07 Å². The lowest BCUT2D eigenvalue weighted by molar-refractivity contribution is -0.0690. The first kappa shape index (κ1) is 19.1. The molecule has 0 radical (unpaired) electrons. The monoisotopic (exact) mass is 363 g/mol. The molecule has 142 valence electrons. The molecule has 0 bridgehead atoms. The Morgan fingerprint density at radius 2 is 1.69 bits per heavy atom. The maximum Gasteiger partial charge on any atom is 0.150 e. The van der Waals surface area contributed by atoms with Gasteiger partial charge in [-0.25, -0.2) is 8.78 Å². The van der Waals surface area contributed by atoms with Crippen LogP contribution in [0.2, 0.25) is 0 Å². The number of anilines is 1. The molecule has 1 aromatic carbocycles.